The van der Waals surface area contributed by atoms with Gasteiger partial charge in [-0.05, 0) is 6.07 Å². The maximum Gasteiger partial charge on any atom is 0.344 e. The molecule has 1 aromatic rings. The Kier molecular flexibility index (Phi) is 3.00. The number of hydrogen-bond donors (Lipinski definition) is 1. The summed E-state index contributed by atoms with van der Waals surface area (Å²) < 4.78 is 0. The van der Waals surface area contributed by atoms with E-state index in [1.54, 1.807) is 6.07 Å². The lowest BCUT2D eigenvalue weighted by molar-refractivity contribution is -0.385. The van der Waals surface area contributed by atoms with Crippen LogP contribution in [-0.4, -0.2) is 34.6 Å². The summed E-state index contributed by atoms with van der Waals surface area (Å²) >= 11 is 0. The topological polar surface area (TPSA) is 105 Å². The van der Waals surface area contributed by atoms with E-state index >= 15 is 0 Å². The number of urea groups is 1. The van der Waals surface area contributed by atoms with E-state index in [9.17, 15) is 19.7 Å². The van der Waals surface area contributed by atoms with Crippen molar-refractivity contribution < 1.29 is 14.5 Å². The predicted molar refractivity (Wildman–Crippen MR) is 60.9 cm³/mol. The molecule has 8 heteroatoms. The van der Waals surface area contributed by atoms with Gasteiger partial charge in [-0.15, -0.1) is 0 Å². The minimum Gasteiger partial charge on any atom is -0.275 e. The first-order chi connectivity index (χ1) is 8.58. The first kappa shape index (κ1) is 11.7. The fourth-order valence-electron chi connectivity index (χ4n) is 1.42. The third-order valence-corrected chi connectivity index (χ3v) is 2.24. The summed E-state index contributed by atoms with van der Waals surface area (Å²) in [5, 5.41) is 17.4. The first-order valence-corrected chi connectivity index (χ1v) is 4.96. The summed E-state index contributed by atoms with van der Waals surface area (Å²) in [5.74, 6) is -0.459. The second-order valence-corrected chi connectivity index (χ2v) is 3.47. The molecule has 1 fully saturated rings. The summed E-state index contributed by atoms with van der Waals surface area (Å²) in [6, 6.07) is 5.33. The van der Waals surface area contributed by atoms with E-state index < -0.39 is 16.9 Å². The molecule has 8 nitrogen and oxygen atoms in total. The molecule has 0 aliphatic carbocycles. The van der Waals surface area contributed by atoms with Crippen LogP contribution in [0, 0.1) is 10.1 Å². The Hall–Kier alpha value is -2.77. The van der Waals surface area contributed by atoms with Crippen LogP contribution < -0.4 is 5.32 Å². The number of benzene rings is 1. The van der Waals surface area contributed by atoms with E-state index in [1.165, 1.54) is 24.4 Å². The van der Waals surface area contributed by atoms with Crippen LogP contribution >= 0.6 is 0 Å². The lowest BCUT2D eigenvalue weighted by Crippen LogP contribution is -2.24. The minimum atomic E-state index is -0.644. The van der Waals surface area contributed by atoms with Crippen LogP contribution in [0.2, 0.25) is 0 Å². The zero-order valence-electron chi connectivity index (χ0n) is 9.07. The molecule has 92 valence electrons. The van der Waals surface area contributed by atoms with Crippen molar-refractivity contribution in [2.45, 2.75) is 0 Å². The van der Waals surface area contributed by atoms with Gasteiger partial charge in [-0.2, -0.15) is 5.10 Å². The van der Waals surface area contributed by atoms with Crippen molar-refractivity contribution in [2.24, 2.45) is 5.10 Å². The summed E-state index contributed by atoms with van der Waals surface area (Å²) in [7, 11) is 0. The number of hydrogen-bond acceptors (Lipinski definition) is 5. The van der Waals surface area contributed by atoms with Gasteiger partial charge < -0.3 is 0 Å². The molecule has 0 bridgehead atoms. The lowest BCUT2D eigenvalue weighted by Gasteiger charge is -2.04. The third kappa shape index (κ3) is 2.32. The van der Waals surface area contributed by atoms with Gasteiger partial charge in [0.1, 0.15) is 6.54 Å². The van der Waals surface area contributed by atoms with Gasteiger partial charge in [0.15, 0.2) is 0 Å². The largest absolute Gasteiger partial charge is 0.344 e. The number of carbonyl (C=O) groups excluding carboxylic acids is 2. The molecule has 1 aliphatic heterocycles. The third-order valence-electron chi connectivity index (χ3n) is 2.24. The standard InChI is InChI=1S/C10H8N4O4/c15-9-6-13(10(16)12-9)11-5-7-3-1-2-4-8(7)14(17)18/h1-5H,6H2,(H,12,15,16)/i6+1,9+1,10+1. The van der Waals surface area contributed by atoms with Crippen molar-refractivity contribution in [1.82, 2.24) is 10.3 Å². The van der Waals surface area contributed by atoms with Gasteiger partial charge in [-0.25, -0.2) is 9.80 Å². The summed E-state index contributed by atoms with van der Waals surface area (Å²) in [5.41, 5.74) is 0.141. The maximum absolute atomic E-state index is 11.2. The molecular weight excluding hydrogens is 243 g/mol. The highest BCUT2D eigenvalue weighted by atomic mass is 16.6. The zero-order chi connectivity index (χ0) is 13.1. The number of imide groups is 1. The SMILES string of the molecule is O=[13C]1[13CH2]N(N=Cc2ccccc2[N+](=O)[O-])[13C](=O)N1. The zero-order valence-corrected chi connectivity index (χ0v) is 9.07. The number of amides is 3. The summed E-state index contributed by atoms with van der Waals surface area (Å²) in [6.45, 7) is -0.185. The second kappa shape index (κ2) is 4.62. The predicted octanol–water partition coefficient (Wildman–Crippen LogP) is 0.480. The van der Waals surface area contributed by atoms with E-state index in [-0.39, 0.29) is 17.8 Å². The molecular formula is C10H8N4O4. The molecule has 1 saturated heterocycles. The highest BCUT2D eigenvalue weighted by Gasteiger charge is 2.26. The fraction of sp³-hybridized carbons (Fsp3) is 0.100. The molecule has 1 aliphatic rings. The Morgan fingerprint density at radius 2 is 2.11 bits per heavy atom. The molecule has 0 atom stereocenters. The van der Waals surface area contributed by atoms with Crippen LogP contribution in [0.15, 0.2) is 29.4 Å². The second-order valence-electron chi connectivity index (χ2n) is 3.47. The number of rotatable bonds is 3. The molecule has 1 heterocycles. The Morgan fingerprint density at radius 3 is 2.72 bits per heavy atom. The van der Waals surface area contributed by atoms with E-state index in [0.717, 1.165) is 5.01 Å². The molecule has 1 aromatic carbocycles. The minimum absolute atomic E-state index is 0.118. The monoisotopic (exact) mass is 251 g/mol. The number of nitro groups is 1. The van der Waals surface area contributed by atoms with E-state index in [1.807, 2.05) is 5.32 Å². The van der Waals surface area contributed by atoms with Crippen molar-refractivity contribution in [3.05, 3.63) is 39.9 Å². The van der Waals surface area contributed by atoms with Crippen molar-refractivity contribution in [2.75, 3.05) is 6.54 Å². The molecule has 3 amide bonds. The van der Waals surface area contributed by atoms with E-state index in [4.69, 9.17) is 0 Å². The summed E-state index contributed by atoms with van der Waals surface area (Å²) in [6.07, 6.45) is 1.18. The van der Waals surface area contributed by atoms with Gasteiger partial charge >= 0.3 is 6.03 Å². The Balaban J connectivity index is 2.21. The first-order valence-electron chi connectivity index (χ1n) is 4.96. The molecule has 0 spiro atoms. The van der Waals surface area contributed by atoms with Gasteiger partial charge in [-0.1, -0.05) is 12.1 Å². The average molecular weight is 251 g/mol. The van der Waals surface area contributed by atoms with Crippen LogP contribution in [-0.2, 0) is 4.79 Å². The highest BCUT2D eigenvalue weighted by Crippen LogP contribution is 2.15. The van der Waals surface area contributed by atoms with Crippen LogP contribution in [0.25, 0.3) is 0 Å². The number of hydrazone groups is 1. The number of nitrogens with one attached hydrogen (secondary N) is 1. The number of carbonyl (C=O) groups is 2. The van der Waals surface area contributed by atoms with Crippen molar-refractivity contribution >= 4 is 23.8 Å². The highest BCUT2D eigenvalue weighted by molar-refractivity contribution is 6.02. The maximum atomic E-state index is 11.2. The molecule has 2 rings (SSSR count). The molecule has 0 unspecified atom stereocenters. The van der Waals surface area contributed by atoms with Crippen molar-refractivity contribution in [3.63, 3.8) is 0 Å². The van der Waals surface area contributed by atoms with Gasteiger partial charge in [0, 0.05) is 6.07 Å². The van der Waals surface area contributed by atoms with Gasteiger partial charge in [-0.3, -0.25) is 20.2 Å². The molecule has 0 saturated carbocycles. The van der Waals surface area contributed by atoms with Crippen molar-refractivity contribution in [3.8, 4) is 0 Å². The van der Waals surface area contributed by atoms with Crippen LogP contribution in [0.3, 0.4) is 0 Å². The molecule has 0 radical (unpaired) electrons. The Morgan fingerprint density at radius 1 is 1.39 bits per heavy atom. The number of nitrogens with zero attached hydrogens (tertiary/aromatic N) is 3. The summed E-state index contributed by atoms with van der Waals surface area (Å²) in [4.78, 5) is 32.3. The van der Waals surface area contributed by atoms with Gasteiger partial charge in [0.2, 0.25) is 5.91 Å². The Labute approximate surface area is 101 Å². The normalized spacial score (nSPS) is 15.2. The van der Waals surface area contributed by atoms with E-state index in [2.05, 4.69) is 5.10 Å². The van der Waals surface area contributed by atoms with Gasteiger partial charge in [0.25, 0.3) is 5.69 Å². The van der Waals surface area contributed by atoms with Gasteiger partial charge in [0.05, 0.1) is 16.7 Å². The van der Waals surface area contributed by atoms with Crippen LogP contribution in [0.1, 0.15) is 5.56 Å². The quantitative estimate of drug-likeness (QED) is 0.277. The lowest BCUT2D eigenvalue weighted by atomic mass is 10.2. The molecule has 1 N–H and O–H groups in total. The number of para-hydroxylation sites is 1. The van der Waals surface area contributed by atoms with Crippen LogP contribution in [0.4, 0.5) is 10.5 Å². The number of nitro benzene ring substituents is 1. The van der Waals surface area contributed by atoms with Crippen molar-refractivity contribution in [1.29, 1.82) is 0 Å². The van der Waals surface area contributed by atoms with Crippen LogP contribution in [0.5, 0.6) is 0 Å². The fourth-order valence-corrected chi connectivity index (χ4v) is 1.42. The molecule has 0 aromatic heterocycles. The van der Waals surface area contributed by atoms with E-state index in [0.29, 0.717) is 0 Å². The smallest absolute Gasteiger partial charge is 0.275 e. The molecule has 18 heavy (non-hydrogen) atoms. The average Bonchev–Trinajstić information content (AvgIpc) is 2.65. The Bertz CT molecular complexity index is 555.